The number of benzene rings is 1. The lowest BCUT2D eigenvalue weighted by Crippen LogP contribution is -2.49. The molecule has 1 aliphatic rings. The number of amides is 1. The van der Waals surface area contributed by atoms with Gasteiger partial charge in [0.05, 0.1) is 0 Å². The predicted octanol–water partition coefficient (Wildman–Crippen LogP) is 3.02. The van der Waals surface area contributed by atoms with Gasteiger partial charge < -0.3 is 4.90 Å². The number of carbonyl (C=O) groups is 1. The second kappa shape index (κ2) is 10.3. The summed E-state index contributed by atoms with van der Waals surface area (Å²) in [7, 11) is -4.10. The maximum absolute atomic E-state index is 13.9. The van der Waals surface area contributed by atoms with E-state index in [1.807, 2.05) is 6.26 Å². The summed E-state index contributed by atoms with van der Waals surface area (Å²) in [5.74, 6) is -0.382. The Balaban J connectivity index is 2.17. The first-order valence-electron chi connectivity index (χ1n) is 9.00. The number of nitrogens with one attached hydrogen (secondary N) is 1. The molecule has 5 nitrogen and oxygen atoms in total. The fraction of sp³-hybridized carbons (Fsp3) is 0.611. The normalized spacial score (nSPS) is 17.4. The zero-order valence-electron chi connectivity index (χ0n) is 15.1. The summed E-state index contributed by atoms with van der Waals surface area (Å²) in [5.41, 5.74) is 0. The molecule has 0 radical (unpaired) electrons. The van der Waals surface area contributed by atoms with Crippen molar-refractivity contribution in [2.24, 2.45) is 0 Å². The molecule has 1 heterocycles. The molecular weight excluding hydrogens is 375 g/mol. The van der Waals surface area contributed by atoms with Crippen LogP contribution in [0.5, 0.6) is 0 Å². The number of halogens is 1. The zero-order chi connectivity index (χ0) is 19.0. The third-order valence-corrected chi connectivity index (χ3v) is 6.65. The van der Waals surface area contributed by atoms with Gasteiger partial charge in [0, 0.05) is 13.1 Å². The maximum Gasteiger partial charge on any atom is 0.244 e. The highest BCUT2D eigenvalue weighted by atomic mass is 32.2. The lowest BCUT2D eigenvalue weighted by Gasteiger charge is -2.29. The van der Waals surface area contributed by atoms with Crippen LogP contribution in [0.25, 0.3) is 0 Å². The molecule has 1 aromatic carbocycles. The lowest BCUT2D eigenvalue weighted by molar-refractivity contribution is -0.133. The van der Waals surface area contributed by atoms with Crippen LogP contribution in [0, 0.1) is 5.82 Å². The van der Waals surface area contributed by atoms with Crippen LogP contribution in [0.15, 0.2) is 29.2 Å². The first kappa shape index (κ1) is 21.2. The molecule has 2 rings (SSSR count). The van der Waals surface area contributed by atoms with Crippen LogP contribution in [0.4, 0.5) is 4.39 Å². The highest BCUT2D eigenvalue weighted by molar-refractivity contribution is 7.98. The monoisotopic (exact) mass is 402 g/mol. The van der Waals surface area contributed by atoms with Gasteiger partial charge in [0.25, 0.3) is 0 Å². The molecule has 0 aliphatic carbocycles. The Hall–Kier alpha value is -1.12. The molecule has 1 N–H and O–H groups in total. The van der Waals surface area contributed by atoms with Crippen LogP contribution in [0.1, 0.15) is 38.5 Å². The van der Waals surface area contributed by atoms with Gasteiger partial charge in [0.2, 0.25) is 15.9 Å². The molecule has 1 aromatic rings. The summed E-state index contributed by atoms with van der Waals surface area (Å²) in [4.78, 5) is 14.3. The van der Waals surface area contributed by atoms with Gasteiger partial charge >= 0.3 is 0 Å². The molecule has 1 amide bonds. The summed E-state index contributed by atoms with van der Waals surface area (Å²) in [5, 5.41) is 0. The van der Waals surface area contributed by atoms with Crippen molar-refractivity contribution in [2.75, 3.05) is 25.1 Å². The van der Waals surface area contributed by atoms with Crippen LogP contribution in [0.2, 0.25) is 0 Å². The molecule has 0 spiro atoms. The van der Waals surface area contributed by atoms with Crippen LogP contribution < -0.4 is 4.72 Å². The summed E-state index contributed by atoms with van der Waals surface area (Å²) >= 11 is 1.55. The molecule has 0 unspecified atom stereocenters. The van der Waals surface area contributed by atoms with Crippen molar-refractivity contribution in [2.45, 2.75) is 49.5 Å². The number of carbonyl (C=O) groups excluding carboxylic acids is 1. The fourth-order valence-corrected chi connectivity index (χ4v) is 4.84. The van der Waals surface area contributed by atoms with Crippen molar-refractivity contribution in [3.8, 4) is 0 Å². The standard InChI is InChI=1S/C18H27FN2O3S2/c1-25-14-11-16(18(22)21-12-7-3-2-4-8-13-21)20-26(23,24)17-10-6-5-9-15(17)19/h5-6,9-10,16,20H,2-4,7-8,11-14H2,1H3/t16-/m0/s1. The Morgan fingerprint density at radius 2 is 1.81 bits per heavy atom. The lowest BCUT2D eigenvalue weighted by atomic mass is 10.1. The first-order valence-corrected chi connectivity index (χ1v) is 11.9. The molecule has 0 saturated carbocycles. The average Bonchev–Trinajstić information content (AvgIpc) is 2.58. The summed E-state index contributed by atoms with van der Waals surface area (Å²) in [6.45, 7) is 1.30. The van der Waals surface area contributed by atoms with Crippen molar-refractivity contribution >= 4 is 27.7 Å². The minimum absolute atomic E-state index is 0.208. The van der Waals surface area contributed by atoms with Crippen LogP contribution in [-0.4, -0.2) is 50.4 Å². The van der Waals surface area contributed by atoms with Gasteiger partial charge in [0.15, 0.2) is 0 Å². The molecule has 146 valence electrons. The topological polar surface area (TPSA) is 66.5 Å². The number of rotatable bonds is 7. The number of thioether (sulfide) groups is 1. The van der Waals surface area contributed by atoms with Crippen LogP contribution >= 0.6 is 11.8 Å². The van der Waals surface area contributed by atoms with Gasteiger partial charge in [-0.3, -0.25) is 4.79 Å². The molecule has 26 heavy (non-hydrogen) atoms. The van der Waals surface area contributed by atoms with Crippen molar-refractivity contribution in [1.82, 2.24) is 9.62 Å². The Labute approximate surface area is 159 Å². The smallest absolute Gasteiger partial charge is 0.244 e. The maximum atomic E-state index is 13.9. The van der Waals surface area contributed by atoms with Crippen molar-refractivity contribution in [3.63, 3.8) is 0 Å². The Morgan fingerprint density at radius 1 is 1.19 bits per heavy atom. The highest BCUT2D eigenvalue weighted by Gasteiger charge is 2.30. The number of sulfonamides is 1. The highest BCUT2D eigenvalue weighted by Crippen LogP contribution is 2.17. The van der Waals surface area contributed by atoms with E-state index in [0.717, 1.165) is 31.7 Å². The average molecular weight is 403 g/mol. The second-order valence-electron chi connectivity index (χ2n) is 6.48. The zero-order valence-corrected chi connectivity index (χ0v) is 16.8. The van der Waals surface area contributed by atoms with Gasteiger partial charge in [-0.2, -0.15) is 16.5 Å². The SMILES string of the molecule is CSCC[C@H](NS(=O)(=O)c1ccccc1F)C(=O)N1CCCCCCC1. The molecule has 1 fully saturated rings. The van der Waals surface area contributed by atoms with Crippen molar-refractivity contribution < 1.29 is 17.6 Å². The van der Waals surface area contributed by atoms with E-state index in [9.17, 15) is 17.6 Å². The Kier molecular flexibility index (Phi) is 8.37. The summed E-state index contributed by atoms with van der Waals surface area (Å²) in [6.07, 6.45) is 7.49. The summed E-state index contributed by atoms with van der Waals surface area (Å²) in [6, 6.07) is 4.35. The van der Waals surface area contributed by atoms with Crippen LogP contribution in [0.3, 0.4) is 0 Å². The van der Waals surface area contributed by atoms with Gasteiger partial charge in [0.1, 0.15) is 16.8 Å². The molecule has 8 heteroatoms. The van der Waals surface area contributed by atoms with Gasteiger partial charge in [-0.15, -0.1) is 0 Å². The molecule has 1 saturated heterocycles. The molecule has 0 aromatic heterocycles. The van der Waals surface area contributed by atoms with Crippen molar-refractivity contribution in [1.29, 1.82) is 0 Å². The quantitative estimate of drug-likeness (QED) is 0.761. The summed E-state index contributed by atoms with van der Waals surface area (Å²) < 4.78 is 41.6. The van der Waals surface area contributed by atoms with Gasteiger partial charge in [-0.25, -0.2) is 12.8 Å². The van der Waals surface area contributed by atoms with E-state index in [4.69, 9.17) is 0 Å². The third kappa shape index (κ3) is 5.96. The van der Waals surface area contributed by atoms with E-state index in [1.54, 1.807) is 16.7 Å². The van der Waals surface area contributed by atoms with E-state index in [1.165, 1.54) is 24.6 Å². The second-order valence-corrected chi connectivity index (χ2v) is 9.15. The molecule has 1 atom stereocenters. The fourth-order valence-electron chi connectivity index (χ4n) is 3.07. The molecular formula is C18H27FN2O3S2. The first-order chi connectivity index (χ1) is 12.5. The molecule has 0 bridgehead atoms. The number of hydrogen-bond donors (Lipinski definition) is 1. The third-order valence-electron chi connectivity index (χ3n) is 4.50. The Bertz CT molecular complexity index is 689. The number of likely N-dealkylation sites (tertiary alicyclic amines) is 1. The van der Waals surface area contributed by atoms with E-state index >= 15 is 0 Å². The Morgan fingerprint density at radius 3 is 2.42 bits per heavy atom. The van der Waals surface area contributed by atoms with Gasteiger partial charge in [-0.1, -0.05) is 31.4 Å². The number of hydrogen-bond acceptors (Lipinski definition) is 4. The van der Waals surface area contributed by atoms with E-state index in [2.05, 4.69) is 4.72 Å². The predicted molar refractivity (Wildman–Crippen MR) is 103 cm³/mol. The van der Waals surface area contributed by atoms with E-state index < -0.39 is 26.8 Å². The minimum atomic E-state index is -4.10. The largest absolute Gasteiger partial charge is 0.341 e. The van der Waals surface area contributed by atoms with E-state index in [-0.39, 0.29) is 5.91 Å². The van der Waals surface area contributed by atoms with Crippen LogP contribution in [-0.2, 0) is 14.8 Å². The molecule has 1 aliphatic heterocycles. The van der Waals surface area contributed by atoms with E-state index in [0.29, 0.717) is 25.3 Å². The minimum Gasteiger partial charge on any atom is -0.341 e. The van der Waals surface area contributed by atoms with Gasteiger partial charge in [-0.05, 0) is 43.4 Å². The number of nitrogens with zero attached hydrogens (tertiary/aromatic N) is 1. The van der Waals surface area contributed by atoms with Crippen molar-refractivity contribution in [3.05, 3.63) is 30.1 Å².